The number of nitrogens with zero attached hydrogens (tertiary/aromatic N) is 1. The highest BCUT2D eigenvalue weighted by Gasteiger charge is 2.26. The molecule has 1 aliphatic heterocycles. The second-order valence-corrected chi connectivity index (χ2v) is 6.87. The predicted molar refractivity (Wildman–Crippen MR) is 82.2 cm³/mol. The molecule has 0 aromatic heterocycles. The van der Waals surface area contributed by atoms with E-state index in [0.29, 0.717) is 30.8 Å². The summed E-state index contributed by atoms with van der Waals surface area (Å²) in [5.41, 5.74) is 0.575. The fourth-order valence-corrected chi connectivity index (χ4v) is 3.47. The molecular weight excluding hydrogens is 359 g/mol. The van der Waals surface area contributed by atoms with Crippen LogP contribution < -0.4 is 9.08 Å². The van der Waals surface area contributed by atoms with E-state index >= 15 is 0 Å². The summed E-state index contributed by atoms with van der Waals surface area (Å²) in [6, 6.07) is 6.62. The molecule has 3 rings (SSSR count). The maximum absolute atomic E-state index is 13.7. The van der Waals surface area contributed by atoms with Crippen LogP contribution >= 0.6 is 0 Å². The standard InChI is InChI=1S/C16H12F3NO4S/c17-12-7-8-13(16(19)15(12)18)25(22,23)24-11-5-3-10(4-6-11)20-9-1-2-14(20)21/h3-8H,1-2,9H2. The maximum atomic E-state index is 13.7. The zero-order valence-electron chi connectivity index (χ0n) is 12.7. The summed E-state index contributed by atoms with van der Waals surface area (Å²) >= 11 is 0. The molecule has 2 aromatic rings. The van der Waals surface area contributed by atoms with E-state index in [0.717, 1.165) is 6.42 Å². The second kappa shape index (κ2) is 6.40. The largest absolute Gasteiger partial charge is 0.379 e. The molecule has 0 atom stereocenters. The van der Waals surface area contributed by atoms with Crippen molar-refractivity contribution in [3.8, 4) is 5.75 Å². The molecule has 0 radical (unpaired) electrons. The lowest BCUT2D eigenvalue weighted by Gasteiger charge is -2.16. The summed E-state index contributed by atoms with van der Waals surface area (Å²) in [6.07, 6.45) is 1.18. The van der Waals surface area contributed by atoms with Crippen LogP contribution in [0.15, 0.2) is 41.3 Å². The molecule has 0 aliphatic carbocycles. The SMILES string of the molecule is O=C1CCCN1c1ccc(OS(=O)(=O)c2ccc(F)c(F)c2F)cc1. The average molecular weight is 371 g/mol. The van der Waals surface area contributed by atoms with E-state index in [1.54, 1.807) is 4.90 Å². The molecule has 0 bridgehead atoms. The van der Waals surface area contributed by atoms with E-state index in [-0.39, 0.29) is 11.7 Å². The van der Waals surface area contributed by atoms with E-state index in [2.05, 4.69) is 0 Å². The zero-order chi connectivity index (χ0) is 18.2. The summed E-state index contributed by atoms with van der Waals surface area (Å²) in [5, 5.41) is 0. The zero-order valence-corrected chi connectivity index (χ0v) is 13.5. The first kappa shape index (κ1) is 17.3. The van der Waals surface area contributed by atoms with Gasteiger partial charge in [0.05, 0.1) is 0 Å². The number of hydrogen-bond donors (Lipinski definition) is 0. The van der Waals surface area contributed by atoms with E-state index in [1.165, 1.54) is 24.3 Å². The van der Waals surface area contributed by atoms with Crippen LogP contribution in [0.25, 0.3) is 0 Å². The Hall–Kier alpha value is -2.55. The van der Waals surface area contributed by atoms with Crippen LogP contribution in [0.4, 0.5) is 18.9 Å². The molecule has 1 heterocycles. The van der Waals surface area contributed by atoms with Gasteiger partial charge in [-0.05, 0) is 42.8 Å². The third-order valence-corrected chi connectivity index (χ3v) is 4.96. The number of amides is 1. The number of anilines is 1. The van der Waals surface area contributed by atoms with Gasteiger partial charge in [-0.25, -0.2) is 13.2 Å². The van der Waals surface area contributed by atoms with Gasteiger partial charge in [-0.15, -0.1) is 0 Å². The van der Waals surface area contributed by atoms with E-state index in [1.807, 2.05) is 0 Å². The molecule has 1 saturated heterocycles. The first-order chi connectivity index (χ1) is 11.8. The molecule has 0 unspecified atom stereocenters. The van der Waals surface area contributed by atoms with Gasteiger partial charge in [-0.2, -0.15) is 8.42 Å². The van der Waals surface area contributed by atoms with Crippen molar-refractivity contribution in [2.75, 3.05) is 11.4 Å². The lowest BCUT2D eigenvalue weighted by Crippen LogP contribution is -2.23. The minimum atomic E-state index is -4.69. The Kier molecular flexibility index (Phi) is 4.42. The first-order valence-corrected chi connectivity index (χ1v) is 8.69. The van der Waals surface area contributed by atoms with E-state index < -0.39 is 32.5 Å². The Bertz CT molecular complexity index is 929. The molecule has 1 aliphatic rings. The smallest absolute Gasteiger partial charge is 0.342 e. The van der Waals surface area contributed by atoms with Crippen molar-refractivity contribution in [3.63, 3.8) is 0 Å². The van der Waals surface area contributed by atoms with E-state index in [9.17, 15) is 26.4 Å². The van der Waals surface area contributed by atoms with Crippen LogP contribution in [-0.2, 0) is 14.9 Å². The molecular formula is C16H12F3NO4S. The number of halogens is 3. The normalized spacial score (nSPS) is 14.8. The van der Waals surface area contributed by atoms with Crippen LogP contribution in [0.1, 0.15) is 12.8 Å². The monoisotopic (exact) mass is 371 g/mol. The van der Waals surface area contributed by atoms with Crippen molar-refractivity contribution in [2.45, 2.75) is 17.7 Å². The third-order valence-electron chi connectivity index (χ3n) is 3.70. The van der Waals surface area contributed by atoms with Crippen LogP contribution in [0, 0.1) is 17.5 Å². The molecule has 25 heavy (non-hydrogen) atoms. The lowest BCUT2D eigenvalue weighted by atomic mass is 10.3. The Morgan fingerprint density at radius 2 is 1.64 bits per heavy atom. The van der Waals surface area contributed by atoms with Crippen molar-refractivity contribution in [2.24, 2.45) is 0 Å². The molecule has 132 valence electrons. The number of benzene rings is 2. The molecule has 1 amide bonds. The minimum absolute atomic E-state index is 0.0369. The molecule has 5 nitrogen and oxygen atoms in total. The number of carbonyl (C=O) groups is 1. The quantitative estimate of drug-likeness (QED) is 0.612. The van der Waals surface area contributed by atoms with Gasteiger partial charge in [0.25, 0.3) is 0 Å². The number of carbonyl (C=O) groups excluding carboxylic acids is 1. The van der Waals surface area contributed by atoms with Gasteiger partial charge in [0.15, 0.2) is 17.5 Å². The van der Waals surface area contributed by atoms with Gasteiger partial charge in [-0.1, -0.05) is 0 Å². The minimum Gasteiger partial charge on any atom is -0.379 e. The highest BCUT2D eigenvalue weighted by Crippen LogP contribution is 2.27. The van der Waals surface area contributed by atoms with E-state index in [4.69, 9.17) is 4.18 Å². The Morgan fingerprint density at radius 3 is 2.24 bits per heavy atom. The van der Waals surface area contributed by atoms with Gasteiger partial charge < -0.3 is 9.08 Å². The van der Waals surface area contributed by atoms with Crippen molar-refractivity contribution >= 4 is 21.7 Å². The Labute approximate surface area is 141 Å². The Morgan fingerprint density at radius 1 is 0.960 bits per heavy atom. The fraction of sp³-hybridized carbons (Fsp3) is 0.188. The fourth-order valence-electron chi connectivity index (χ4n) is 2.48. The van der Waals surface area contributed by atoms with Crippen molar-refractivity contribution in [1.29, 1.82) is 0 Å². The third kappa shape index (κ3) is 3.32. The molecule has 0 spiro atoms. The summed E-state index contributed by atoms with van der Waals surface area (Å²) in [5.74, 6) is -5.44. The maximum Gasteiger partial charge on any atom is 0.342 e. The lowest BCUT2D eigenvalue weighted by molar-refractivity contribution is -0.117. The molecule has 9 heteroatoms. The topological polar surface area (TPSA) is 63.7 Å². The second-order valence-electron chi connectivity index (χ2n) is 5.35. The first-order valence-electron chi connectivity index (χ1n) is 7.28. The van der Waals surface area contributed by atoms with Gasteiger partial charge >= 0.3 is 10.1 Å². The molecule has 0 saturated carbocycles. The average Bonchev–Trinajstić information content (AvgIpc) is 2.99. The predicted octanol–water partition coefficient (Wildman–Crippen LogP) is 3.00. The van der Waals surface area contributed by atoms with Crippen molar-refractivity contribution in [1.82, 2.24) is 0 Å². The summed E-state index contributed by atoms with van der Waals surface area (Å²) < 4.78 is 68.7. The highest BCUT2D eigenvalue weighted by molar-refractivity contribution is 7.87. The number of rotatable bonds is 4. The van der Waals surface area contributed by atoms with Crippen molar-refractivity contribution in [3.05, 3.63) is 53.8 Å². The summed E-state index contributed by atoms with van der Waals surface area (Å²) in [4.78, 5) is 12.1. The van der Waals surface area contributed by atoms with Gasteiger partial charge in [-0.3, -0.25) is 4.79 Å². The van der Waals surface area contributed by atoms with Gasteiger partial charge in [0.2, 0.25) is 5.91 Å². The molecule has 0 N–H and O–H groups in total. The summed E-state index contributed by atoms with van der Waals surface area (Å²) in [6.45, 7) is 0.567. The van der Waals surface area contributed by atoms with Crippen LogP contribution in [-0.4, -0.2) is 20.9 Å². The van der Waals surface area contributed by atoms with Crippen LogP contribution in [0.2, 0.25) is 0 Å². The van der Waals surface area contributed by atoms with Gasteiger partial charge in [0, 0.05) is 18.7 Å². The van der Waals surface area contributed by atoms with Crippen LogP contribution in [0.3, 0.4) is 0 Å². The van der Waals surface area contributed by atoms with Gasteiger partial charge in [0.1, 0.15) is 10.6 Å². The highest BCUT2D eigenvalue weighted by atomic mass is 32.2. The van der Waals surface area contributed by atoms with Crippen molar-refractivity contribution < 1.29 is 30.6 Å². The van der Waals surface area contributed by atoms with Crippen LogP contribution in [0.5, 0.6) is 5.75 Å². The Balaban J connectivity index is 1.84. The molecule has 2 aromatic carbocycles. The molecule has 1 fully saturated rings. The number of hydrogen-bond acceptors (Lipinski definition) is 4. The summed E-state index contributed by atoms with van der Waals surface area (Å²) in [7, 11) is -4.69.